The van der Waals surface area contributed by atoms with Gasteiger partial charge in [-0.3, -0.25) is 4.79 Å². The average Bonchev–Trinajstić information content (AvgIpc) is 2.99. The highest BCUT2D eigenvalue weighted by Crippen LogP contribution is 2.38. The Labute approximate surface area is 152 Å². The Bertz CT molecular complexity index is 752. The van der Waals surface area contributed by atoms with E-state index >= 15 is 0 Å². The molecule has 1 heterocycles. The predicted molar refractivity (Wildman–Crippen MR) is 98.8 cm³/mol. The lowest BCUT2D eigenvalue weighted by Gasteiger charge is -2.10. The van der Waals surface area contributed by atoms with Gasteiger partial charge in [-0.15, -0.1) is 12.4 Å². The standard InChI is InChI=1S/C18H20N2O4.ClH/c1-12-4-2-5-13(8-12)22-7-3-6-18(21)20-15-10-17-16(9-14(15)19)23-11-24-17;/h2,4-5,8-10H,3,6-7,11,19H2,1H3,(H,20,21);1H. The molecule has 0 atom stereocenters. The zero-order chi connectivity index (χ0) is 16.9. The second kappa shape index (κ2) is 8.48. The number of ether oxygens (including phenoxy) is 3. The molecule has 134 valence electrons. The summed E-state index contributed by atoms with van der Waals surface area (Å²) in [7, 11) is 0. The molecule has 0 saturated carbocycles. The van der Waals surface area contributed by atoms with Gasteiger partial charge >= 0.3 is 0 Å². The van der Waals surface area contributed by atoms with Crippen molar-refractivity contribution in [3.05, 3.63) is 42.0 Å². The van der Waals surface area contributed by atoms with E-state index in [-0.39, 0.29) is 25.1 Å². The number of carbonyl (C=O) groups excluding carboxylic acids is 1. The molecule has 2 aromatic carbocycles. The van der Waals surface area contributed by atoms with E-state index in [0.717, 1.165) is 11.3 Å². The zero-order valence-corrected chi connectivity index (χ0v) is 14.7. The van der Waals surface area contributed by atoms with Gasteiger partial charge < -0.3 is 25.3 Å². The van der Waals surface area contributed by atoms with E-state index < -0.39 is 0 Å². The molecule has 1 amide bonds. The Hall–Kier alpha value is -2.60. The predicted octanol–water partition coefficient (Wildman–Crippen LogP) is 3.53. The molecule has 0 spiro atoms. The fourth-order valence-corrected chi connectivity index (χ4v) is 2.41. The first kappa shape index (κ1) is 18.7. The molecule has 0 bridgehead atoms. The van der Waals surface area contributed by atoms with Gasteiger partial charge in [0.15, 0.2) is 11.5 Å². The van der Waals surface area contributed by atoms with Crippen molar-refractivity contribution >= 4 is 29.7 Å². The smallest absolute Gasteiger partial charge is 0.231 e. The van der Waals surface area contributed by atoms with Gasteiger partial charge in [0.25, 0.3) is 0 Å². The second-order valence-corrected chi connectivity index (χ2v) is 5.61. The quantitative estimate of drug-likeness (QED) is 0.605. The van der Waals surface area contributed by atoms with Gasteiger partial charge in [0.1, 0.15) is 5.75 Å². The highest BCUT2D eigenvalue weighted by molar-refractivity contribution is 5.94. The summed E-state index contributed by atoms with van der Waals surface area (Å²) in [6.07, 6.45) is 0.962. The molecule has 0 saturated heterocycles. The summed E-state index contributed by atoms with van der Waals surface area (Å²) in [4.78, 5) is 12.0. The van der Waals surface area contributed by atoms with Crippen molar-refractivity contribution in [2.24, 2.45) is 0 Å². The third-order valence-electron chi connectivity index (χ3n) is 3.63. The van der Waals surface area contributed by atoms with Gasteiger partial charge in [0, 0.05) is 18.6 Å². The number of aryl methyl sites for hydroxylation is 1. The SMILES string of the molecule is Cc1cccc(OCCCC(=O)Nc2cc3c(cc2N)OCO3)c1.Cl. The van der Waals surface area contributed by atoms with Crippen LogP contribution in [-0.4, -0.2) is 19.3 Å². The van der Waals surface area contributed by atoms with Crippen LogP contribution in [0.15, 0.2) is 36.4 Å². The molecule has 1 aliphatic rings. The van der Waals surface area contributed by atoms with Crippen molar-refractivity contribution in [2.75, 3.05) is 24.5 Å². The number of carbonyl (C=O) groups is 1. The summed E-state index contributed by atoms with van der Waals surface area (Å²) < 4.78 is 16.2. The van der Waals surface area contributed by atoms with E-state index in [1.54, 1.807) is 12.1 Å². The Morgan fingerprint density at radius 2 is 2.00 bits per heavy atom. The Morgan fingerprint density at radius 3 is 2.76 bits per heavy atom. The van der Waals surface area contributed by atoms with E-state index in [0.29, 0.717) is 42.3 Å². The van der Waals surface area contributed by atoms with Crippen molar-refractivity contribution < 1.29 is 19.0 Å². The van der Waals surface area contributed by atoms with Crippen LogP contribution in [-0.2, 0) is 4.79 Å². The first-order valence-electron chi connectivity index (χ1n) is 7.80. The van der Waals surface area contributed by atoms with Gasteiger partial charge in [-0.1, -0.05) is 12.1 Å². The minimum atomic E-state index is -0.117. The lowest BCUT2D eigenvalue weighted by Crippen LogP contribution is -2.14. The van der Waals surface area contributed by atoms with Crippen LogP contribution in [0.5, 0.6) is 17.2 Å². The van der Waals surface area contributed by atoms with Crippen LogP contribution >= 0.6 is 12.4 Å². The van der Waals surface area contributed by atoms with Crippen LogP contribution in [0.25, 0.3) is 0 Å². The van der Waals surface area contributed by atoms with Gasteiger partial charge in [0.2, 0.25) is 12.7 Å². The topological polar surface area (TPSA) is 82.8 Å². The van der Waals surface area contributed by atoms with E-state index in [2.05, 4.69) is 5.32 Å². The van der Waals surface area contributed by atoms with Crippen LogP contribution < -0.4 is 25.3 Å². The number of nitrogens with one attached hydrogen (secondary N) is 1. The summed E-state index contributed by atoms with van der Waals surface area (Å²) in [5, 5.41) is 2.79. The molecule has 0 aromatic heterocycles. The number of hydrogen-bond acceptors (Lipinski definition) is 5. The first-order chi connectivity index (χ1) is 11.6. The summed E-state index contributed by atoms with van der Waals surface area (Å²) in [5.41, 5.74) is 8.03. The number of benzene rings is 2. The van der Waals surface area contributed by atoms with E-state index in [4.69, 9.17) is 19.9 Å². The summed E-state index contributed by atoms with van der Waals surface area (Å²) in [5.74, 6) is 1.88. The van der Waals surface area contributed by atoms with Gasteiger partial charge in [-0.2, -0.15) is 0 Å². The maximum atomic E-state index is 12.0. The number of amides is 1. The Kier molecular flexibility index (Phi) is 6.36. The molecule has 2 aromatic rings. The molecular formula is C18H21ClN2O4. The molecule has 7 heteroatoms. The van der Waals surface area contributed by atoms with Crippen LogP contribution in [0, 0.1) is 6.92 Å². The molecule has 0 unspecified atom stereocenters. The third-order valence-corrected chi connectivity index (χ3v) is 3.63. The van der Waals surface area contributed by atoms with E-state index in [1.807, 2.05) is 31.2 Å². The van der Waals surface area contributed by atoms with Crippen molar-refractivity contribution in [1.29, 1.82) is 0 Å². The number of nitrogen functional groups attached to an aromatic ring is 1. The van der Waals surface area contributed by atoms with Crippen LogP contribution in [0.4, 0.5) is 11.4 Å². The van der Waals surface area contributed by atoms with Crippen molar-refractivity contribution in [3.63, 3.8) is 0 Å². The minimum Gasteiger partial charge on any atom is -0.494 e. The van der Waals surface area contributed by atoms with Crippen LogP contribution in [0.2, 0.25) is 0 Å². The fourth-order valence-electron chi connectivity index (χ4n) is 2.41. The molecular weight excluding hydrogens is 344 g/mol. The molecule has 3 N–H and O–H groups in total. The van der Waals surface area contributed by atoms with Gasteiger partial charge in [-0.25, -0.2) is 0 Å². The molecule has 0 fully saturated rings. The maximum Gasteiger partial charge on any atom is 0.231 e. The lowest BCUT2D eigenvalue weighted by molar-refractivity contribution is -0.116. The largest absolute Gasteiger partial charge is 0.494 e. The second-order valence-electron chi connectivity index (χ2n) is 5.61. The number of halogens is 1. The van der Waals surface area contributed by atoms with E-state index in [9.17, 15) is 4.79 Å². The highest BCUT2D eigenvalue weighted by atomic mass is 35.5. The number of anilines is 2. The molecule has 0 radical (unpaired) electrons. The normalized spacial score (nSPS) is 11.6. The number of hydrogen-bond donors (Lipinski definition) is 2. The maximum absolute atomic E-state index is 12.0. The number of rotatable bonds is 6. The molecule has 0 aliphatic carbocycles. The van der Waals surface area contributed by atoms with Crippen molar-refractivity contribution in [3.8, 4) is 17.2 Å². The lowest BCUT2D eigenvalue weighted by atomic mass is 10.2. The molecule has 3 rings (SSSR count). The molecule has 6 nitrogen and oxygen atoms in total. The highest BCUT2D eigenvalue weighted by Gasteiger charge is 2.17. The first-order valence-corrected chi connectivity index (χ1v) is 7.80. The summed E-state index contributed by atoms with van der Waals surface area (Å²) in [6.45, 7) is 2.66. The summed E-state index contributed by atoms with van der Waals surface area (Å²) in [6, 6.07) is 11.2. The molecule has 1 aliphatic heterocycles. The minimum absolute atomic E-state index is 0. The number of nitrogens with two attached hydrogens (primary N) is 1. The average molecular weight is 365 g/mol. The van der Waals surface area contributed by atoms with E-state index in [1.165, 1.54) is 0 Å². The van der Waals surface area contributed by atoms with Gasteiger partial charge in [0.05, 0.1) is 18.0 Å². The number of fused-ring (bicyclic) bond motifs is 1. The zero-order valence-electron chi connectivity index (χ0n) is 13.9. The van der Waals surface area contributed by atoms with Crippen LogP contribution in [0.3, 0.4) is 0 Å². The van der Waals surface area contributed by atoms with Crippen LogP contribution in [0.1, 0.15) is 18.4 Å². The van der Waals surface area contributed by atoms with Crippen molar-refractivity contribution in [1.82, 2.24) is 0 Å². The third kappa shape index (κ3) is 4.93. The van der Waals surface area contributed by atoms with Gasteiger partial charge in [-0.05, 0) is 31.0 Å². The molecule has 25 heavy (non-hydrogen) atoms. The Balaban J connectivity index is 0.00000225. The summed E-state index contributed by atoms with van der Waals surface area (Å²) >= 11 is 0. The fraction of sp³-hybridized carbons (Fsp3) is 0.278. The Morgan fingerprint density at radius 1 is 1.24 bits per heavy atom. The van der Waals surface area contributed by atoms with Crippen molar-refractivity contribution in [2.45, 2.75) is 19.8 Å². The monoisotopic (exact) mass is 364 g/mol.